The van der Waals surface area contributed by atoms with E-state index >= 15 is 0 Å². The Morgan fingerprint density at radius 3 is 2.72 bits per heavy atom. The Morgan fingerprint density at radius 2 is 2.04 bits per heavy atom. The lowest BCUT2D eigenvalue weighted by Crippen LogP contribution is -2.45. The van der Waals surface area contributed by atoms with E-state index in [1.807, 2.05) is 0 Å². The highest BCUT2D eigenvalue weighted by Crippen LogP contribution is 2.34. The summed E-state index contributed by atoms with van der Waals surface area (Å²) in [6.45, 7) is -1.02. The van der Waals surface area contributed by atoms with Gasteiger partial charge in [0.1, 0.15) is 12.4 Å². The Morgan fingerprint density at radius 1 is 1.32 bits per heavy atom. The van der Waals surface area contributed by atoms with Gasteiger partial charge in [0.05, 0.1) is 18.2 Å². The van der Waals surface area contributed by atoms with Crippen molar-refractivity contribution in [2.75, 3.05) is 20.3 Å². The Bertz CT molecular complexity index is 682. The van der Waals surface area contributed by atoms with Crippen molar-refractivity contribution in [2.45, 2.75) is 19.6 Å². The van der Waals surface area contributed by atoms with Crippen LogP contribution in [0.3, 0.4) is 0 Å². The van der Waals surface area contributed by atoms with Crippen LogP contribution in [0.2, 0.25) is 0 Å². The SMILES string of the molecule is COCCOC(=O)C1=C(C)NC(=S)N[C@@H]1c1ccccc1OC(F)F. The number of halogens is 2. The largest absolute Gasteiger partial charge is 0.460 e. The quantitative estimate of drug-likeness (QED) is 0.432. The number of thiocarbonyl (C=S) groups is 1. The first-order valence-corrected chi connectivity index (χ1v) is 7.83. The summed E-state index contributed by atoms with van der Waals surface area (Å²) in [4.78, 5) is 12.5. The highest BCUT2D eigenvalue weighted by atomic mass is 32.1. The van der Waals surface area contributed by atoms with Gasteiger partial charge in [-0.1, -0.05) is 18.2 Å². The van der Waals surface area contributed by atoms with Gasteiger partial charge in [-0.05, 0) is 25.2 Å². The number of hydrogen-bond donors (Lipinski definition) is 2. The van der Waals surface area contributed by atoms with Crippen molar-refractivity contribution >= 4 is 23.3 Å². The summed E-state index contributed by atoms with van der Waals surface area (Å²) in [5, 5.41) is 6.01. The average Bonchev–Trinajstić information content (AvgIpc) is 2.54. The van der Waals surface area contributed by atoms with E-state index in [1.165, 1.54) is 13.2 Å². The molecule has 1 aromatic carbocycles. The summed E-state index contributed by atoms with van der Waals surface area (Å²) in [5.41, 5.74) is 1.06. The topological polar surface area (TPSA) is 68.8 Å². The number of nitrogens with one attached hydrogen (secondary N) is 2. The van der Waals surface area contributed by atoms with Crippen molar-refractivity contribution < 1.29 is 27.8 Å². The van der Waals surface area contributed by atoms with Crippen LogP contribution in [-0.2, 0) is 14.3 Å². The predicted octanol–water partition coefficient (Wildman–Crippen LogP) is 2.27. The van der Waals surface area contributed by atoms with Crippen molar-refractivity contribution in [3.05, 3.63) is 41.1 Å². The van der Waals surface area contributed by atoms with E-state index in [0.717, 1.165) is 0 Å². The normalized spacial score (nSPS) is 17.2. The van der Waals surface area contributed by atoms with Gasteiger partial charge in [-0.3, -0.25) is 0 Å². The summed E-state index contributed by atoms with van der Waals surface area (Å²) < 4.78 is 39.9. The van der Waals surface area contributed by atoms with Gasteiger partial charge < -0.3 is 24.8 Å². The van der Waals surface area contributed by atoms with E-state index in [0.29, 0.717) is 11.3 Å². The maximum absolute atomic E-state index is 12.7. The molecular formula is C16H18F2N2O4S. The minimum atomic E-state index is -2.99. The van der Waals surface area contributed by atoms with Crippen molar-refractivity contribution in [3.8, 4) is 5.75 Å². The zero-order valence-corrected chi connectivity index (χ0v) is 14.5. The van der Waals surface area contributed by atoms with Crippen molar-refractivity contribution in [1.29, 1.82) is 0 Å². The number of allylic oxidation sites excluding steroid dienone is 1. The van der Waals surface area contributed by atoms with Crippen LogP contribution in [0.1, 0.15) is 18.5 Å². The van der Waals surface area contributed by atoms with Crippen LogP contribution in [0.5, 0.6) is 5.75 Å². The zero-order valence-electron chi connectivity index (χ0n) is 13.7. The molecule has 1 aliphatic heterocycles. The molecule has 0 fully saturated rings. The number of alkyl halides is 2. The lowest BCUT2D eigenvalue weighted by Gasteiger charge is -2.30. The first kappa shape index (κ1) is 19.1. The summed E-state index contributed by atoms with van der Waals surface area (Å²) in [7, 11) is 1.49. The van der Waals surface area contributed by atoms with Crippen LogP contribution in [0, 0.1) is 0 Å². The van der Waals surface area contributed by atoms with Crippen LogP contribution in [0.15, 0.2) is 35.5 Å². The van der Waals surface area contributed by atoms with Gasteiger partial charge in [-0.15, -0.1) is 0 Å². The van der Waals surface area contributed by atoms with Gasteiger partial charge in [-0.25, -0.2) is 4.79 Å². The molecule has 0 saturated carbocycles. The smallest absolute Gasteiger partial charge is 0.387 e. The molecule has 1 aliphatic rings. The van der Waals surface area contributed by atoms with Crippen LogP contribution >= 0.6 is 12.2 Å². The third kappa shape index (κ3) is 4.86. The van der Waals surface area contributed by atoms with Gasteiger partial charge >= 0.3 is 12.6 Å². The summed E-state index contributed by atoms with van der Waals surface area (Å²) in [6.07, 6.45) is 0. The van der Waals surface area contributed by atoms with Crippen molar-refractivity contribution in [2.24, 2.45) is 0 Å². The predicted molar refractivity (Wildman–Crippen MR) is 90.2 cm³/mol. The third-order valence-electron chi connectivity index (χ3n) is 3.46. The molecule has 0 radical (unpaired) electrons. The molecule has 25 heavy (non-hydrogen) atoms. The fourth-order valence-corrected chi connectivity index (χ4v) is 2.69. The lowest BCUT2D eigenvalue weighted by molar-refractivity contribution is -0.140. The van der Waals surface area contributed by atoms with Crippen molar-refractivity contribution in [1.82, 2.24) is 10.6 Å². The second kappa shape index (κ2) is 8.72. The molecule has 6 nitrogen and oxygen atoms in total. The molecular weight excluding hydrogens is 354 g/mol. The molecule has 136 valence electrons. The van der Waals surface area contributed by atoms with Crippen LogP contribution in [0.4, 0.5) is 8.78 Å². The third-order valence-corrected chi connectivity index (χ3v) is 3.68. The van der Waals surface area contributed by atoms with Crippen LogP contribution < -0.4 is 15.4 Å². The lowest BCUT2D eigenvalue weighted by atomic mass is 9.95. The molecule has 2 rings (SSSR count). The minimum Gasteiger partial charge on any atom is -0.460 e. The molecule has 0 amide bonds. The Labute approximate surface area is 149 Å². The highest BCUT2D eigenvalue weighted by molar-refractivity contribution is 7.80. The number of benzene rings is 1. The van der Waals surface area contributed by atoms with E-state index in [4.69, 9.17) is 21.7 Å². The summed E-state index contributed by atoms with van der Waals surface area (Å²) in [6, 6.07) is 5.42. The van der Waals surface area contributed by atoms with Gasteiger partial charge in [0.2, 0.25) is 0 Å². The molecule has 1 atom stereocenters. The van der Waals surface area contributed by atoms with Gasteiger partial charge in [0.25, 0.3) is 0 Å². The molecule has 0 bridgehead atoms. The molecule has 0 saturated heterocycles. The molecule has 2 N–H and O–H groups in total. The molecule has 0 unspecified atom stereocenters. The number of ether oxygens (including phenoxy) is 3. The van der Waals surface area contributed by atoms with Crippen molar-refractivity contribution in [3.63, 3.8) is 0 Å². The fraction of sp³-hybridized carbons (Fsp3) is 0.375. The Balaban J connectivity index is 2.38. The summed E-state index contributed by atoms with van der Waals surface area (Å²) in [5.74, 6) is -0.649. The maximum atomic E-state index is 12.7. The molecule has 9 heteroatoms. The Kier molecular flexibility index (Phi) is 6.65. The standard InChI is InChI=1S/C16H18F2N2O4S/c1-9-12(14(21)23-8-7-22-2)13(20-16(25)19-9)10-5-3-4-6-11(10)24-15(17)18/h3-6,13,15H,7-8H2,1-2H3,(H2,19,20,25)/t13-/m1/s1. The van der Waals surface area contributed by atoms with E-state index in [-0.39, 0.29) is 29.6 Å². The molecule has 1 heterocycles. The fourth-order valence-electron chi connectivity index (χ4n) is 2.42. The number of rotatable bonds is 7. The molecule has 0 aromatic heterocycles. The number of carbonyl (C=O) groups is 1. The zero-order chi connectivity index (χ0) is 18.4. The van der Waals surface area contributed by atoms with Crippen LogP contribution in [-0.4, -0.2) is 38.0 Å². The maximum Gasteiger partial charge on any atom is 0.387 e. The monoisotopic (exact) mass is 372 g/mol. The minimum absolute atomic E-state index is 0.0466. The molecule has 1 aromatic rings. The van der Waals surface area contributed by atoms with Gasteiger partial charge in [-0.2, -0.15) is 8.78 Å². The Hall–Kier alpha value is -2.26. The van der Waals surface area contributed by atoms with Gasteiger partial charge in [0.15, 0.2) is 5.11 Å². The average molecular weight is 372 g/mol. The number of methoxy groups -OCH3 is 1. The molecule has 0 spiro atoms. The number of hydrogen-bond acceptors (Lipinski definition) is 5. The first-order valence-electron chi connectivity index (χ1n) is 7.42. The van der Waals surface area contributed by atoms with E-state index < -0.39 is 18.6 Å². The second-order valence-corrected chi connectivity index (χ2v) is 5.52. The summed E-state index contributed by atoms with van der Waals surface area (Å²) >= 11 is 5.12. The number of para-hydroxylation sites is 1. The second-order valence-electron chi connectivity index (χ2n) is 5.12. The van der Waals surface area contributed by atoms with E-state index in [2.05, 4.69) is 15.4 Å². The highest BCUT2D eigenvalue weighted by Gasteiger charge is 2.33. The molecule has 0 aliphatic carbocycles. The first-order chi connectivity index (χ1) is 11.9. The van der Waals surface area contributed by atoms with E-state index in [1.54, 1.807) is 25.1 Å². The number of esters is 1. The van der Waals surface area contributed by atoms with Gasteiger partial charge in [0, 0.05) is 18.4 Å². The number of carbonyl (C=O) groups excluding carboxylic acids is 1. The van der Waals surface area contributed by atoms with E-state index in [9.17, 15) is 13.6 Å². The van der Waals surface area contributed by atoms with Crippen LogP contribution in [0.25, 0.3) is 0 Å².